The average Bonchev–Trinajstić information content (AvgIpc) is 2.72. The van der Waals surface area contributed by atoms with E-state index in [-0.39, 0.29) is 6.04 Å². The van der Waals surface area contributed by atoms with E-state index in [0.717, 1.165) is 5.56 Å². The molecule has 2 nitrogen and oxygen atoms in total. The predicted octanol–water partition coefficient (Wildman–Crippen LogP) is 4.55. The molecule has 90 valence electrons. The Balaban J connectivity index is 2.45. The Morgan fingerprint density at radius 2 is 1.88 bits per heavy atom. The fourth-order valence-electron chi connectivity index (χ4n) is 1.68. The Morgan fingerprint density at radius 1 is 1.12 bits per heavy atom. The molecule has 1 atom stereocenters. The third kappa shape index (κ3) is 2.61. The first kappa shape index (κ1) is 12.8. The molecule has 17 heavy (non-hydrogen) atoms. The molecule has 2 rings (SSSR count). The summed E-state index contributed by atoms with van der Waals surface area (Å²) in [6.07, 6.45) is 0. The quantitative estimate of drug-likeness (QED) is 0.897. The van der Waals surface area contributed by atoms with Crippen LogP contribution in [0.15, 0.2) is 34.7 Å². The molecule has 0 fully saturated rings. The second kappa shape index (κ2) is 5.32. The number of halogens is 3. The van der Waals surface area contributed by atoms with Crippen LogP contribution in [0.4, 0.5) is 0 Å². The number of hydrogen-bond donors (Lipinski definition) is 1. The van der Waals surface area contributed by atoms with Crippen LogP contribution in [0.25, 0.3) is 0 Å². The lowest BCUT2D eigenvalue weighted by Crippen LogP contribution is -2.17. The van der Waals surface area contributed by atoms with E-state index >= 15 is 0 Å². The van der Waals surface area contributed by atoms with Gasteiger partial charge in [0.25, 0.3) is 0 Å². The highest BCUT2D eigenvalue weighted by Gasteiger charge is 2.19. The molecule has 1 aromatic carbocycles. The zero-order valence-corrected chi connectivity index (χ0v) is 11.3. The maximum Gasteiger partial charge on any atom is 0.193 e. The second-order valence-corrected chi connectivity index (χ2v) is 4.66. The van der Waals surface area contributed by atoms with Gasteiger partial charge in [-0.25, -0.2) is 0 Å². The van der Waals surface area contributed by atoms with Crippen LogP contribution in [-0.4, -0.2) is 7.05 Å². The standard InChI is InChI=1S/C12H10Cl3NO/c1-16-12(9-5-6-10(14)17-9)7-3-2-4-8(13)11(7)15/h2-6,12,16H,1H3. The maximum atomic E-state index is 6.18. The van der Waals surface area contributed by atoms with Crippen molar-refractivity contribution in [2.24, 2.45) is 0 Å². The SMILES string of the molecule is CNC(c1ccc(Cl)o1)c1cccc(Cl)c1Cl. The van der Waals surface area contributed by atoms with Gasteiger partial charge in [-0.15, -0.1) is 0 Å². The highest BCUT2D eigenvalue weighted by molar-refractivity contribution is 6.42. The number of nitrogens with one attached hydrogen (secondary N) is 1. The fourth-order valence-corrected chi connectivity index (χ4v) is 2.25. The summed E-state index contributed by atoms with van der Waals surface area (Å²) in [5.41, 5.74) is 0.854. The minimum atomic E-state index is -0.173. The summed E-state index contributed by atoms with van der Waals surface area (Å²) in [7, 11) is 1.82. The summed E-state index contributed by atoms with van der Waals surface area (Å²) >= 11 is 17.9. The summed E-state index contributed by atoms with van der Waals surface area (Å²) in [5, 5.41) is 4.50. The number of benzene rings is 1. The molecular formula is C12H10Cl3NO. The molecule has 5 heteroatoms. The van der Waals surface area contributed by atoms with Crippen molar-refractivity contribution in [3.63, 3.8) is 0 Å². The third-order valence-corrected chi connectivity index (χ3v) is 3.50. The fraction of sp³-hybridized carbons (Fsp3) is 0.167. The molecule has 0 amide bonds. The molecule has 0 aliphatic heterocycles. The van der Waals surface area contributed by atoms with Crippen molar-refractivity contribution in [2.75, 3.05) is 7.05 Å². The first-order chi connectivity index (χ1) is 8.13. The average molecular weight is 291 g/mol. The van der Waals surface area contributed by atoms with Gasteiger partial charge in [-0.3, -0.25) is 0 Å². The van der Waals surface area contributed by atoms with Gasteiger partial charge in [-0.2, -0.15) is 0 Å². The first-order valence-electron chi connectivity index (χ1n) is 5.00. The van der Waals surface area contributed by atoms with Gasteiger partial charge >= 0.3 is 0 Å². The van der Waals surface area contributed by atoms with Crippen LogP contribution in [-0.2, 0) is 0 Å². The lowest BCUT2D eigenvalue weighted by atomic mass is 10.0. The molecule has 0 radical (unpaired) electrons. The van der Waals surface area contributed by atoms with Crippen molar-refractivity contribution in [3.05, 3.63) is 56.9 Å². The van der Waals surface area contributed by atoms with Crippen molar-refractivity contribution >= 4 is 34.8 Å². The minimum absolute atomic E-state index is 0.173. The molecule has 1 N–H and O–H groups in total. The predicted molar refractivity (Wildman–Crippen MR) is 71.1 cm³/mol. The van der Waals surface area contributed by atoms with Gasteiger partial charge < -0.3 is 9.73 Å². The Kier molecular flexibility index (Phi) is 4.00. The van der Waals surface area contributed by atoms with E-state index in [0.29, 0.717) is 21.0 Å². The topological polar surface area (TPSA) is 25.2 Å². The van der Waals surface area contributed by atoms with E-state index in [1.807, 2.05) is 19.2 Å². The summed E-state index contributed by atoms with van der Waals surface area (Å²) < 4.78 is 5.39. The van der Waals surface area contributed by atoms with E-state index in [9.17, 15) is 0 Å². The Labute approximate surface area is 114 Å². The number of hydrogen-bond acceptors (Lipinski definition) is 2. The summed E-state index contributed by atoms with van der Waals surface area (Å²) in [6, 6.07) is 8.81. The smallest absolute Gasteiger partial charge is 0.193 e. The largest absolute Gasteiger partial charge is 0.448 e. The third-order valence-electron chi connectivity index (χ3n) is 2.46. The lowest BCUT2D eigenvalue weighted by molar-refractivity contribution is 0.465. The van der Waals surface area contributed by atoms with Crippen LogP contribution >= 0.6 is 34.8 Å². The van der Waals surface area contributed by atoms with Crippen LogP contribution in [0.3, 0.4) is 0 Å². The van der Waals surface area contributed by atoms with Gasteiger partial charge in [0.05, 0.1) is 16.1 Å². The molecule has 0 aliphatic carbocycles. The molecule has 0 saturated heterocycles. The van der Waals surface area contributed by atoms with E-state index in [1.54, 1.807) is 18.2 Å². The van der Waals surface area contributed by atoms with Gasteiger partial charge in [-0.1, -0.05) is 35.3 Å². The van der Waals surface area contributed by atoms with Gasteiger partial charge in [0, 0.05) is 0 Å². The zero-order chi connectivity index (χ0) is 12.4. The molecule has 2 aromatic rings. The highest BCUT2D eigenvalue weighted by atomic mass is 35.5. The van der Waals surface area contributed by atoms with E-state index < -0.39 is 0 Å². The molecular weight excluding hydrogens is 280 g/mol. The van der Waals surface area contributed by atoms with Gasteiger partial charge in [0.1, 0.15) is 5.76 Å². The summed E-state index contributed by atoms with van der Waals surface area (Å²) in [6.45, 7) is 0. The molecule has 0 aliphatic rings. The van der Waals surface area contributed by atoms with Crippen molar-refractivity contribution < 1.29 is 4.42 Å². The van der Waals surface area contributed by atoms with Gasteiger partial charge in [-0.05, 0) is 42.4 Å². The number of rotatable bonds is 3. The van der Waals surface area contributed by atoms with Crippen LogP contribution in [0.1, 0.15) is 17.4 Å². The molecule has 0 spiro atoms. The van der Waals surface area contributed by atoms with Crippen LogP contribution in [0.5, 0.6) is 0 Å². The number of furan rings is 1. The molecule has 1 aromatic heterocycles. The monoisotopic (exact) mass is 289 g/mol. The Bertz CT molecular complexity index is 524. The van der Waals surface area contributed by atoms with Crippen molar-refractivity contribution in [3.8, 4) is 0 Å². The van der Waals surface area contributed by atoms with Gasteiger partial charge in [0.2, 0.25) is 0 Å². The van der Waals surface area contributed by atoms with Crippen molar-refractivity contribution in [1.82, 2.24) is 5.32 Å². The van der Waals surface area contributed by atoms with E-state index in [4.69, 9.17) is 39.2 Å². The van der Waals surface area contributed by atoms with E-state index in [1.165, 1.54) is 0 Å². The second-order valence-electron chi connectivity index (χ2n) is 3.51. The lowest BCUT2D eigenvalue weighted by Gasteiger charge is -2.16. The summed E-state index contributed by atoms with van der Waals surface area (Å²) in [5.74, 6) is 0.696. The first-order valence-corrected chi connectivity index (χ1v) is 6.13. The van der Waals surface area contributed by atoms with Crippen molar-refractivity contribution in [2.45, 2.75) is 6.04 Å². The summed E-state index contributed by atoms with van der Waals surface area (Å²) in [4.78, 5) is 0. The Morgan fingerprint density at radius 3 is 2.47 bits per heavy atom. The maximum absolute atomic E-state index is 6.18. The minimum Gasteiger partial charge on any atom is -0.448 e. The van der Waals surface area contributed by atoms with Crippen LogP contribution in [0.2, 0.25) is 15.3 Å². The highest BCUT2D eigenvalue weighted by Crippen LogP contribution is 2.34. The Hall–Kier alpha value is -0.670. The molecule has 1 heterocycles. The van der Waals surface area contributed by atoms with Gasteiger partial charge in [0.15, 0.2) is 5.22 Å². The molecule has 0 saturated carbocycles. The van der Waals surface area contributed by atoms with E-state index in [2.05, 4.69) is 5.32 Å². The van der Waals surface area contributed by atoms with Crippen LogP contribution in [0, 0.1) is 0 Å². The normalized spacial score (nSPS) is 12.7. The van der Waals surface area contributed by atoms with Crippen molar-refractivity contribution in [1.29, 1.82) is 0 Å². The van der Waals surface area contributed by atoms with Crippen LogP contribution < -0.4 is 5.32 Å². The molecule has 0 bridgehead atoms. The molecule has 1 unspecified atom stereocenters. The zero-order valence-electron chi connectivity index (χ0n) is 9.01.